The summed E-state index contributed by atoms with van der Waals surface area (Å²) in [5.41, 5.74) is 1.25. The van der Waals surface area contributed by atoms with Gasteiger partial charge in [0.1, 0.15) is 0 Å². The van der Waals surface area contributed by atoms with Crippen LogP contribution in [-0.4, -0.2) is 74.1 Å². The summed E-state index contributed by atoms with van der Waals surface area (Å²) in [6, 6.07) is 6.95. The number of nitrogens with one attached hydrogen (secondary N) is 1. The first kappa shape index (κ1) is 16.9. The summed E-state index contributed by atoms with van der Waals surface area (Å²) in [6.07, 6.45) is 2.16. The maximum absolute atomic E-state index is 12.3. The molecular weight excluding hydrogens is 306 g/mol. The lowest BCUT2D eigenvalue weighted by molar-refractivity contribution is 0.0383. The maximum atomic E-state index is 12.3. The molecule has 0 bridgehead atoms. The molecule has 0 spiro atoms. The van der Waals surface area contributed by atoms with E-state index in [1.807, 2.05) is 4.90 Å². The minimum Gasteiger partial charge on any atom is -0.379 e. The van der Waals surface area contributed by atoms with Gasteiger partial charge in [-0.05, 0) is 37.1 Å². The van der Waals surface area contributed by atoms with Crippen LogP contribution in [0.3, 0.4) is 0 Å². The Balaban J connectivity index is 1.47. The van der Waals surface area contributed by atoms with E-state index in [0.717, 1.165) is 58.8 Å². The molecule has 0 unspecified atom stereocenters. The molecule has 1 N–H and O–H groups in total. The van der Waals surface area contributed by atoms with Crippen LogP contribution < -0.4 is 5.32 Å². The van der Waals surface area contributed by atoms with Crippen molar-refractivity contribution in [1.29, 1.82) is 0 Å². The monoisotopic (exact) mass is 331 g/mol. The van der Waals surface area contributed by atoms with Gasteiger partial charge in [0.15, 0.2) is 0 Å². The molecule has 0 aromatic heterocycles. The summed E-state index contributed by atoms with van der Waals surface area (Å²) in [5.74, 6) is -0.0322. The van der Waals surface area contributed by atoms with Crippen LogP contribution in [0.2, 0.25) is 0 Å². The van der Waals surface area contributed by atoms with Gasteiger partial charge in [-0.2, -0.15) is 0 Å². The summed E-state index contributed by atoms with van der Waals surface area (Å²) in [6.45, 7) is 6.49. The third-order valence-electron chi connectivity index (χ3n) is 4.60. The van der Waals surface area contributed by atoms with E-state index in [-0.39, 0.29) is 11.8 Å². The molecule has 1 aromatic rings. The Bertz CT molecular complexity index is 561. The maximum Gasteiger partial charge on any atom is 0.253 e. The predicted molar refractivity (Wildman–Crippen MR) is 91.2 cm³/mol. The topological polar surface area (TPSA) is 61.9 Å². The summed E-state index contributed by atoms with van der Waals surface area (Å²) in [4.78, 5) is 28.6. The number of benzene rings is 1. The zero-order valence-electron chi connectivity index (χ0n) is 14.0. The van der Waals surface area contributed by atoms with E-state index in [9.17, 15) is 9.59 Å². The molecule has 6 heteroatoms. The SMILES string of the molecule is O=C(NCCN1CCOCC1)c1ccc(C(=O)N2CCCC2)cc1. The molecule has 24 heavy (non-hydrogen) atoms. The molecule has 0 saturated carbocycles. The number of carbonyl (C=O) groups is 2. The third-order valence-corrected chi connectivity index (χ3v) is 4.60. The van der Waals surface area contributed by atoms with E-state index in [2.05, 4.69) is 10.2 Å². The van der Waals surface area contributed by atoms with Gasteiger partial charge in [-0.3, -0.25) is 14.5 Å². The van der Waals surface area contributed by atoms with Gasteiger partial charge in [0.25, 0.3) is 11.8 Å². The fourth-order valence-electron chi connectivity index (χ4n) is 3.12. The van der Waals surface area contributed by atoms with Crippen LogP contribution >= 0.6 is 0 Å². The summed E-state index contributed by atoms with van der Waals surface area (Å²) in [5, 5.41) is 2.93. The van der Waals surface area contributed by atoms with Crippen molar-refractivity contribution < 1.29 is 14.3 Å². The number of likely N-dealkylation sites (tertiary alicyclic amines) is 1. The Morgan fingerprint density at radius 2 is 1.58 bits per heavy atom. The second-order valence-corrected chi connectivity index (χ2v) is 6.29. The molecule has 130 valence electrons. The molecule has 2 aliphatic rings. The van der Waals surface area contributed by atoms with Crippen LogP contribution in [0.25, 0.3) is 0 Å². The minimum absolute atomic E-state index is 0.0618. The van der Waals surface area contributed by atoms with Crippen molar-refractivity contribution in [1.82, 2.24) is 15.1 Å². The van der Waals surface area contributed by atoms with E-state index >= 15 is 0 Å². The number of morpholine rings is 1. The quantitative estimate of drug-likeness (QED) is 0.874. The standard InChI is InChI=1S/C18H25N3O3/c22-17(19-7-10-20-11-13-24-14-12-20)15-3-5-16(6-4-15)18(23)21-8-1-2-9-21/h3-6H,1-2,7-14H2,(H,19,22). The van der Waals surface area contributed by atoms with Crippen molar-refractivity contribution in [2.45, 2.75) is 12.8 Å². The lowest BCUT2D eigenvalue weighted by atomic mass is 10.1. The van der Waals surface area contributed by atoms with Crippen LogP contribution in [0.1, 0.15) is 33.6 Å². The number of nitrogens with zero attached hydrogens (tertiary/aromatic N) is 2. The van der Waals surface area contributed by atoms with Gasteiger partial charge in [-0.25, -0.2) is 0 Å². The Hall–Kier alpha value is -1.92. The van der Waals surface area contributed by atoms with E-state index in [4.69, 9.17) is 4.74 Å². The van der Waals surface area contributed by atoms with E-state index in [0.29, 0.717) is 17.7 Å². The average molecular weight is 331 g/mol. The van der Waals surface area contributed by atoms with Gasteiger partial charge < -0.3 is 15.0 Å². The van der Waals surface area contributed by atoms with Gasteiger partial charge in [-0.15, -0.1) is 0 Å². The molecular formula is C18H25N3O3. The highest BCUT2D eigenvalue weighted by Gasteiger charge is 2.19. The normalized spacial score (nSPS) is 18.6. The average Bonchev–Trinajstić information content (AvgIpc) is 3.17. The molecule has 2 saturated heterocycles. The number of carbonyl (C=O) groups excluding carboxylic acids is 2. The van der Waals surface area contributed by atoms with Crippen molar-refractivity contribution in [3.8, 4) is 0 Å². The van der Waals surface area contributed by atoms with Gasteiger partial charge in [0.05, 0.1) is 13.2 Å². The molecule has 0 aliphatic carbocycles. The fraction of sp³-hybridized carbons (Fsp3) is 0.556. The number of hydrogen-bond acceptors (Lipinski definition) is 4. The van der Waals surface area contributed by atoms with E-state index < -0.39 is 0 Å². The zero-order valence-corrected chi connectivity index (χ0v) is 14.0. The molecule has 2 amide bonds. The second kappa shape index (κ2) is 8.26. The van der Waals surface area contributed by atoms with Crippen LogP contribution in [-0.2, 0) is 4.74 Å². The summed E-state index contributed by atoms with van der Waals surface area (Å²) in [7, 11) is 0. The number of amides is 2. The minimum atomic E-state index is -0.0940. The van der Waals surface area contributed by atoms with Crippen molar-refractivity contribution >= 4 is 11.8 Å². The fourth-order valence-corrected chi connectivity index (χ4v) is 3.12. The van der Waals surface area contributed by atoms with E-state index in [1.165, 1.54) is 0 Å². The Labute approximate surface area is 142 Å². The van der Waals surface area contributed by atoms with Crippen molar-refractivity contribution in [2.75, 3.05) is 52.5 Å². The molecule has 1 aromatic carbocycles. The summed E-state index contributed by atoms with van der Waals surface area (Å²) < 4.78 is 5.30. The van der Waals surface area contributed by atoms with Crippen molar-refractivity contribution in [2.24, 2.45) is 0 Å². The van der Waals surface area contributed by atoms with Gasteiger partial charge in [0.2, 0.25) is 0 Å². The van der Waals surface area contributed by atoms with Crippen LogP contribution in [0.4, 0.5) is 0 Å². The van der Waals surface area contributed by atoms with Crippen LogP contribution in [0.5, 0.6) is 0 Å². The van der Waals surface area contributed by atoms with Gasteiger partial charge >= 0.3 is 0 Å². The highest BCUT2D eigenvalue weighted by molar-refractivity contribution is 5.97. The smallest absolute Gasteiger partial charge is 0.253 e. The Kier molecular flexibility index (Phi) is 5.82. The number of rotatable bonds is 5. The molecule has 0 atom stereocenters. The largest absolute Gasteiger partial charge is 0.379 e. The zero-order chi connectivity index (χ0) is 16.8. The van der Waals surface area contributed by atoms with Crippen LogP contribution in [0.15, 0.2) is 24.3 Å². The highest BCUT2D eigenvalue weighted by atomic mass is 16.5. The lowest BCUT2D eigenvalue weighted by Crippen LogP contribution is -2.41. The van der Waals surface area contributed by atoms with Crippen molar-refractivity contribution in [3.05, 3.63) is 35.4 Å². The number of hydrogen-bond donors (Lipinski definition) is 1. The predicted octanol–water partition coefficient (Wildman–Crippen LogP) is 0.985. The number of ether oxygens (including phenoxy) is 1. The molecule has 2 aliphatic heterocycles. The van der Waals surface area contributed by atoms with E-state index in [1.54, 1.807) is 24.3 Å². The molecule has 0 radical (unpaired) electrons. The first-order valence-electron chi connectivity index (χ1n) is 8.72. The van der Waals surface area contributed by atoms with Gasteiger partial charge in [-0.1, -0.05) is 0 Å². The molecule has 6 nitrogen and oxygen atoms in total. The van der Waals surface area contributed by atoms with Crippen LogP contribution in [0, 0.1) is 0 Å². The molecule has 3 rings (SSSR count). The molecule has 2 fully saturated rings. The lowest BCUT2D eigenvalue weighted by Gasteiger charge is -2.26. The highest BCUT2D eigenvalue weighted by Crippen LogP contribution is 2.13. The third kappa shape index (κ3) is 4.33. The Morgan fingerprint density at radius 3 is 2.25 bits per heavy atom. The summed E-state index contributed by atoms with van der Waals surface area (Å²) >= 11 is 0. The van der Waals surface area contributed by atoms with Gasteiger partial charge in [0, 0.05) is 50.4 Å². The first-order valence-corrected chi connectivity index (χ1v) is 8.72. The van der Waals surface area contributed by atoms with Crippen molar-refractivity contribution in [3.63, 3.8) is 0 Å². The first-order chi connectivity index (χ1) is 11.7. The Morgan fingerprint density at radius 1 is 0.958 bits per heavy atom. The second-order valence-electron chi connectivity index (χ2n) is 6.29. The molecule has 2 heterocycles.